The number of anilines is 1. The summed E-state index contributed by atoms with van der Waals surface area (Å²) >= 11 is 0. The number of benzene rings is 2. The van der Waals surface area contributed by atoms with Crippen LogP contribution in [0, 0.1) is 6.92 Å². The highest BCUT2D eigenvalue weighted by Gasteiger charge is 2.24. The molecule has 0 aromatic heterocycles. The highest BCUT2D eigenvalue weighted by atomic mass is 16.6. The minimum absolute atomic E-state index is 0.320. The van der Waals surface area contributed by atoms with Gasteiger partial charge >= 0.3 is 5.97 Å². The van der Waals surface area contributed by atoms with E-state index in [4.69, 9.17) is 4.74 Å². The molecule has 23 heavy (non-hydrogen) atoms. The lowest BCUT2D eigenvalue weighted by atomic mass is 10.1. The molecule has 0 saturated carbocycles. The summed E-state index contributed by atoms with van der Waals surface area (Å²) in [4.78, 5) is 18.4. The molecular formula is C19H18N2O2. The van der Waals surface area contributed by atoms with E-state index in [0.717, 1.165) is 22.4 Å². The van der Waals surface area contributed by atoms with Crippen LogP contribution in [0.15, 0.2) is 59.2 Å². The first-order valence-electron chi connectivity index (χ1n) is 7.40. The van der Waals surface area contributed by atoms with Gasteiger partial charge in [0.25, 0.3) is 0 Å². The third-order valence-electron chi connectivity index (χ3n) is 3.71. The Morgan fingerprint density at radius 3 is 2.39 bits per heavy atom. The average Bonchev–Trinajstić information content (AvgIpc) is 2.89. The number of hydrogen-bond donors (Lipinski definition) is 0. The van der Waals surface area contributed by atoms with Crippen LogP contribution in [-0.2, 0) is 9.53 Å². The van der Waals surface area contributed by atoms with Gasteiger partial charge in [0.2, 0.25) is 5.90 Å². The lowest BCUT2D eigenvalue weighted by molar-refractivity contribution is -0.129. The van der Waals surface area contributed by atoms with Gasteiger partial charge in [-0.2, -0.15) is 0 Å². The molecule has 116 valence electrons. The molecule has 0 N–H and O–H groups in total. The van der Waals surface area contributed by atoms with E-state index in [1.165, 1.54) is 0 Å². The first-order chi connectivity index (χ1) is 11.0. The molecule has 0 spiro atoms. The van der Waals surface area contributed by atoms with E-state index in [1.54, 1.807) is 6.08 Å². The Morgan fingerprint density at radius 1 is 1.04 bits per heavy atom. The monoisotopic (exact) mass is 306 g/mol. The maximum absolute atomic E-state index is 12.0. The van der Waals surface area contributed by atoms with Crippen molar-refractivity contribution < 1.29 is 9.53 Å². The predicted molar refractivity (Wildman–Crippen MR) is 92.6 cm³/mol. The second-order valence-corrected chi connectivity index (χ2v) is 5.64. The second kappa shape index (κ2) is 6.08. The molecule has 0 unspecified atom stereocenters. The Balaban J connectivity index is 1.90. The summed E-state index contributed by atoms with van der Waals surface area (Å²) < 4.78 is 5.31. The summed E-state index contributed by atoms with van der Waals surface area (Å²) in [5.41, 5.74) is 4.20. The Labute approximate surface area is 135 Å². The van der Waals surface area contributed by atoms with Crippen molar-refractivity contribution in [2.75, 3.05) is 19.0 Å². The maximum atomic E-state index is 12.0. The Bertz CT molecular complexity index is 802. The van der Waals surface area contributed by atoms with Crippen LogP contribution in [-0.4, -0.2) is 26.0 Å². The van der Waals surface area contributed by atoms with Crippen molar-refractivity contribution in [3.05, 3.63) is 70.9 Å². The number of rotatable bonds is 3. The highest BCUT2D eigenvalue weighted by molar-refractivity contribution is 6.13. The zero-order valence-corrected chi connectivity index (χ0v) is 13.4. The van der Waals surface area contributed by atoms with Crippen LogP contribution in [0.3, 0.4) is 0 Å². The number of nitrogens with zero attached hydrogens (tertiary/aromatic N) is 2. The molecule has 0 fully saturated rings. The van der Waals surface area contributed by atoms with Gasteiger partial charge in [-0.05, 0) is 42.3 Å². The van der Waals surface area contributed by atoms with Crippen molar-refractivity contribution in [3.8, 4) is 0 Å². The van der Waals surface area contributed by atoms with Crippen LogP contribution in [0.4, 0.5) is 5.69 Å². The summed E-state index contributed by atoms with van der Waals surface area (Å²) in [7, 11) is 3.97. The van der Waals surface area contributed by atoms with Gasteiger partial charge < -0.3 is 9.64 Å². The summed E-state index contributed by atoms with van der Waals surface area (Å²) in [5.74, 6) is -0.0517. The third-order valence-corrected chi connectivity index (χ3v) is 3.71. The number of hydrogen-bond acceptors (Lipinski definition) is 4. The Morgan fingerprint density at radius 2 is 1.74 bits per heavy atom. The molecule has 3 rings (SSSR count). The number of aryl methyl sites for hydroxylation is 1. The molecule has 2 aromatic carbocycles. The topological polar surface area (TPSA) is 41.9 Å². The van der Waals surface area contributed by atoms with E-state index in [9.17, 15) is 4.79 Å². The van der Waals surface area contributed by atoms with Crippen molar-refractivity contribution in [2.24, 2.45) is 4.99 Å². The SMILES string of the molecule is Cc1ccccc1C1=NC(=Cc2ccc(N(C)C)cc2)C(=O)O1. The largest absolute Gasteiger partial charge is 0.402 e. The van der Waals surface area contributed by atoms with Crippen LogP contribution < -0.4 is 4.90 Å². The average molecular weight is 306 g/mol. The van der Waals surface area contributed by atoms with Crippen molar-refractivity contribution in [3.63, 3.8) is 0 Å². The van der Waals surface area contributed by atoms with E-state index in [2.05, 4.69) is 4.99 Å². The summed E-state index contributed by atoms with van der Waals surface area (Å²) in [6, 6.07) is 15.6. The van der Waals surface area contributed by atoms with Gasteiger partial charge in [-0.1, -0.05) is 30.3 Å². The molecule has 0 bridgehead atoms. The predicted octanol–water partition coefficient (Wildman–Crippen LogP) is 3.41. The lowest BCUT2D eigenvalue weighted by Gasteiger charge is -2.11. The second-order valence-electron chi connectivity index (χ2n) is 5.64. The zero-order chi connectivity index (χ0) is 16.4. The number of carbonyl (C=O) groups is 1. The van der Waals surface area contributed by atoms with E-state index < -0.39 is 5.97 Å². The van der Waals surface area contributed by atoms with Crippen molar-refractivity contribution in [1.29, 1.82) is 0 Å². The van der Waals surface area contributed by atoms with Crippen LogP contribution in [0.2, 0.25) is 0 Å². The summed E-state index contributed by atoms with van der Waals surface area (Å²) in [6.45, 7) is 1.97. The molecule has 0 amide bonds. The lowest BCUT2D eigenvalue weighted by Crippen LogP contribution is -2.08. The van der Waals surface area contributed by atoms with E-state index in [1.807, 2.05) is 74.4 Å². The maximum Gasteiger partial charge on any atom is 0.363 e. The van der Waals surface area contributed by atoms with Crippen molar-refractivity contribution in [1.82, 2.24) is 0 Å². The summed E-state index contributed by atoms with van der Waals surface area (Å²) in [5, 5.41) is 0. The molecule has 1 aliphatic heterocycles. The van der Waals surface area contributed by atoms with Gasteiger partial charge in [-0.3, -0.25) is 0 Å². The first-order valence-corrected chi connectivity index (χ1v) is 7.40. The number of ether oxygens (including phenoxy) is 1. The highest BCUT2D eigenvalue weighted by Crippen LogP contribution is 2.21. The van der Waals surface area contributed by atoms with Crippen LogP contribution in [0.5, 0.6) is 0 Å². The van der Waals surface area contributed by atoms with Crippen molar-refractivity contribution >= 4 is 23.6 Å². The van der Waals surface area contributed by atoms with Crippen LogP contribution >= 0.6 is 0 Å². The fraction of sp³-hybridized carbons (Fsp3) is 0.158. The molecule has 1 heterocycles. The van der Waals surface area contributed by atoms with Gasteiger partial charge in [0, 0.05) is 25.3 Å². The standard InChI is InChI=1S/C19H18N2O2/c1-13-6-4-5-7-16(13)18-20-17(19(22)23-18)12-14-8-10-15(11-9-14)21(2)3/h4-12H,1-3H3. The van der Waals surface area contributed by atoms with Gasteiger partial charge in [-0.15, -0.1) is 0 Å². The molecule has 4 heteroatoms. The minimum atomic E-state index is -0.417. The Kier molecular flexibility index (Phi) is 3.98. The molecule has 2 aromatic rings. The smallest absolute Gasteiger partial charge is 0.363 e. The van der Waals surface area contributed by atoms with E-state index in [-0.39, 0.29) is 0 Å². The van der Waals surface area contributed by atoms with Crippen LogP contribution in [0.1, 0.15) is 16.7 Å². The molecule has 0 atom stereocenters. The first kappa shape index (κ1) is 15.0. The zero-order valence-electron chi connectivity index (χ0n) is 13.4. The number of esters is 1. The van der Waals surface area contributed by atoms with Crippen LogP contribution in [0.25, 0.3) is 6.08 Å². The number of aliphatic imine (C=N–C) groups is 1. The van der Waals surface area contributed by atoms with Gasteiger partial charge in [0.1, 0.15) is 0 Å². The number of carbonyl (C=O) groups excluding carboxylic acids is 1. The molecule has 0 saturated heterocycles. The summed E-state index contributed by atoms with van der Waals surface area (Å²) in [6.07, 6.45) is 1.74. The molecule has 1 aliphatic rings. The molecule has 0 radical (unpaired) electrons. The minimum Gasteiger partial charge on any atom is -0.402 e. The van der Waals surface area contributed by atoms with Gasteiger partial charge in [0.05, 0.1) is 0 Å². The molecule has 4 nitrogen and oxygen atoms in total. The molecule has 0 aliphatic carbocycles. The third kappa shape index (κ3) is 3.16. The van der Waals surface area contributed by atoms with E-state index >= 15 is 0 Å². The van der Waals surface area contributed by atoms with Crippen molar-refractivity contribution in [2.45, 2.75) is 6.92 Å². The Hall–Kier alpha value is -2.88. The van der Waals surface area contributed by atoms with E-state index in [0.29, 0.717) is 11.6 Å². The number of cyclic esters (lactones) is 1. The van der Waals surface area contributed by atoms with Gasteiger partial charge in [0.15, 0.2) is 5.70 Å². The fourth-order valence-corrected chi connectivity index (χ4v) is 2.36. The normalized spacial score (nSPS) is 15.5. The molecular weight excluding hydrogens is 288 g/mol. The fourth-order valence-electron chi connectivity index (χ4n) is 2.36. The quantitative estimate of drug-likeness (QED) is 0.644. The van der Waals surface area contributed by atoms with Gasteiger partial charge in [-0.25, -0.2) is 9.79 Å².